The lowest BCUT2D eigenvalue weighted by Gasteiger charge is -2.33. The summed E-state index contributed by atoms with van der Waals surface area (Å²) in [6.45, 7) is 0.212. The number of aliphatic hydroxyl groups excluding tert-OH is 2. The zero-order chi connectivity index (χ0) is 19.6. The van der Waals surface area contributed by atoms with Crippen LogP contribution in [0.4, 0.5) is 13.2 Å². The third kappa shape index (κ3) is 4.78. The van der Waals surface area contributed by atoms with Crippen molar-refractivity contribution in [1.82, 2.24) is 4.90 Å². The molecule has 144 valence electrons. The molecular formula is C19H18F3NO4. The van der Waals surface area contributed by atoms with E-state index in [0.29, 0.717) is 0 Å². The number of aliphatic hydroxyl groups is 2. The van der Waals surface area contributed by atoms with E-state index in [4.69, 9.17) is 4.74 Å². The standard InChI is InChI=1S/C19H18F3NO4/c20-19(21,22)13-4-2-6-17(8-13)27-16-5-1-3-12(7-16)18(26)23-10-14(24)9-15(25)11-23/h1-8,14-15,24-25H,9-11H2/t14-,15+. The molecule has 1 saturated heterocycles. The summed E-state index contributed by atoms with van der Waals surface area (Å²) in [7, 11) is 0. The molecule has 0 unspecified atom stereocenters. The molecule has 0 aromatic heterocycles. The van der Waals surface area contributed by atoms with Crippen LogP contribution in [0.5, 0.6) is 11.5 Å². The van der Waals surface area contributed by atoms with Crippen molar-refractivity contribution in [2.45, 2.75) is 24.8 Å². The van der Waals surface area contributed by atoms with E-state index in [1.54, 1.807) is 6.07 Å². The fourth-order valence-corrected chi connectivity index (χ4v) is 2.96. The quantitative estimate of drug-likeness (QED) is 0.857. The van der Waals surface area contributed by atoms with Crippen molar-refractivity contribution >= 4 is 5.91 Å². The summed E-state index contributed by atoms with van der Waals surface area (Å²) in [5.74, 6) is -0.196. The average molecular weight is 381 g/mol. The highest BCUT2D eigenvalue weighted by molar-refractivity contribution is 5.94. The number of likely N-dealkylation sites (tertiary alicyclic amines) is 1. The van der Waals surface area contributed by atoms with Crippen LogP contribution >= 0.6 is 0 Å². The number of benzene rings is 2. The summed E-state index contributed by atoms with van der Waals surface area (Å²) in [6.07, 6.45) is -5.88. The predicted octanol–water partition coefficient (Wildman–Crippen LogP) is 3.07. The molecule has 1 amide bonds. The van der Waals surface area contributed by atoms with E-state index >= 15 is 0 Å². The highest BCUT2D eigenvalue weighted by Gasteiger charge is 2.31. The molecule has 27 heavy (non-hydrogen) atoms. The molecule has 0 saturated carbocycles. The first-order valence-corrected chi connectivity index (χ1v) is 8.33. The minimum Gasteiger partial charge on any atom is -0.457 e. The van der Waals surface area contributed by atoms with Gasteiger partial charge in [-0.05, 0) is 36.4 Å². The van der Waals surface area contributed by atoms with Gasteiger partial charge in [-0.1, -0.05) is 12.1 Å². The molecule has 2 aromatic rings. The Labute approximate surface area is 153 Å². The predicted molar refractivity (Wildman–Crippen MR) is 90.5 cm³/mol. The molecule has 0 spiro atoms. The van der Waals surface area contributed by atoms with Crippen LogP contribution in [0.3, 0.4) is 0 Å². The molecule has 0 bridgehead atoms. The lowest BCUT2D eigenvalue weighted by molar-refractivity contribution is -0.137. The van der Waals surface area contributed by atoms with Crippen molar-refractivity contribution in [3.05, 3.63) is 59.7 Å². The van der Waals surface area contributed by atoms with E-state index in [1.165, 1.54) is 35.2 Å². The molecule has 2 aromatic carbocycles. The fourth-order valence-electron chi connectivity index (χ4n) is 2.96. The summed E-state index contributed by atoms with van der Waals surface area (Å²) in [4.78, 5) is 13.9. The van der Waals surface area contributed by atoms with E-state index in [1.807, 2.05) is 0 Å². The van der Waals surface area contributed by atoms with E-state index in [9.17, 15) is 28.2 Å². The van der Waals surface area contributed by atoms with Gasteiger partial charge in [0.05, 0.1) is 17.8 Å². The molecule has 2 atom stereocenters. The number of hydrogen-bond acceptors (Lipinski definition) is 4. The molecule has 1 heterocycles. The number of carbonyl (C=O) groups is 1. The summed E-state index contributed by atoms with van der Waals surface area (Å²) in [5, 5.41) is 19.4. The van der Waals surface area contributed by atoms with Crippen molar-refractivity contribution in [2.24, 2.45) is 0 Å². The smallest absolute Gasteiger partial charge is 0.416 e. The topological polar surface area (TPSA) is 70.0 Å². The Bertz CT molecular complexity index is 815. The maximum absolute atomic E-state index is 12.8. The van der Waals surface area contributed by atoms with Crippen LogP contribution < -0.4 is 4.74 Å². The number of carbonyl (C=O) groups excluding carboxylic acids is 1. The number of nitrogens with zero attached hydrogens (tertiary/aromatic N) is 1. The second-order valence-electron chi connectivity index (χ2n) is 6.41. The number of piperidine rings is 1. The monoisotopic (exact) mass is 381 g/mol. The van der Waals surface area contributed by atoms with Crippen LogP contribution in [-0.2, 0) is 6.18 Å². The Morgan fingerprint density at radius 1 is 1.00 bits per heavy atom. The lowest BCUT2D eigenvalue weighted by atomic mass is 10.0. The van der Waals surface area contributed by atoms with Gasteiger partial charge in [0, 0.05) is 25.1 Å². The number of rotatable bonds is 3. The van der Waals surface area contributed by atoms with Gasteiger partial charge in [0.25, 0.3) is 5.91 Å². The van der Waals surface area contributed by atoms with Gasteiger partial charge in [-0.15, -0.1) is 0 Å². The molecule has 0 radical (unpaired) electrons. The molecule has 1 fully saturated rings. The largest absolute Gasteiger partial charge is 0.457 e. The number of amides is 1. The molecule has 0 aliphatic carbocycles. The van der Waals surface area contributed by atoms with Crippen LogP contribution in [0.15, 0.2) is 48.5 Å². The lowest BCUT2D eigenvalue weighted by Crippen LogP contribution is -2.48. The fraction of sp³-hybridized carbons (Fsp3) is 0.316. The van der Waals surface area contributed by atoms with Crippen molar-refractivity contribution < 1.29 is 32.9 Å². The molecule has 8 heteroatoms. The Morgan fingerprint density at radius 2 is 1.59 bits per heavy atom. The van der Waals surface area contributed by atoms with Crippen LogP contribution in [0, 0.1) is 0 Å². The molecule has 1 aliphatic heterocycles. The summed E-state index contributed by atoms with van der Waals surface area (Å²) in [5.41, 5.74) is -0.579. The van der Waals surface area contributed by atoms with Crippen LogP contribution in [0.1, 0.15) is 22.3 Å². The van der Waals surface area contributed by atoms with E-state index in [0.717, 1.165) is 12.1 Å². The molecule has 2 N–H and O–H groups in total. The number of alkyl halides is 3. The summed E-state index contributed by atoms with van der Waals surface area (Å²) in [6, 6.07) is 10.5. The highest BCUT2D eigenvalue weighted by Crippen LogP contribution is 2.33. The highest BCUT2D eigenvalue weighted by atomic mass is 19.4. The normalized spacial score (nSPS) is 20.4. The van der Waals surface area contributed by atoms with Gasteiger partial charge in [0.2, 0.25) is 0 Å². The molecule has 5 nitrogen and oxygen atoms in total. The first-order chi connectivity index (χ1) is 12.7. The second kappa shape index (κ2) is 7.58. The van der Waals surface area contributed by atoms with Gasteiger partial charge >= 0.3 is 6.18 Å². The van der Waals surface area contributed by atoms with Crippen molar-refractivity contribution in [2.75, 3.05) is 13.1 Å². The van der Waals surface area contributed by atoms with Crippen molar-refractivity contribution in [1.29, 1.82) is 0 Å². The molecule has 3 rings (SSSR count). The third-order valence-electron chi connectivity index (χ3n) is 4.17. The maximum Gasteiger partial charge on any atom is 0.416 e. The van der Waals surface area contributed by atoms with Gasteiger partial charge in [0.1, 0.15) is 11.5 Å². The zero-order valence-electron chi connectivity index (χ0n) is 14.2. The second-order valence-corrected chi connectivity index (χ2v) is 6.41. The molecular weight excluding hydrogens is 363 g/mol. The maximum atomic E-state index is 12.8. The number of hydrogen-bond donors (Lipinski definition) is 2. The first-order valence-electron chi connectivity index (χ1n) is 8.33. The number of β-amino-alcohol motifs (C(OH)–C–C–N with tert-alkyl or cyclic N) is 2. The SMILES string of the molecule is O=C(c1cccc(Oc2cccc(C(F)(F)F)c2)c1)N1C[C@H](O)C[C@H](O)C1. The summed E-state index contributed by atoms with van der Waals surface area (Å²) >= 11 is 0. The van der Waals surface area contributed by atoms with E-state index in [-0.39, 0.29) is 36.6 Å². The van der Waals surface area contributed by atoms with Crippen LogP contribution in [0.25, 0.3) is 0 Å². The first kappa shape index (κ1) is 19.2. The Kier molecular flexibility index (Phi) is 5.38. The zero-order valence-corrected chi connectivity index (χ0v) is 14.2. The average Bonchev–Trinajstić information content (AvgIpc) is 2.60. The minimum absolute atomic E-state index is 0.00163. The van der Waals surface area contributed by atoms with E-state index < -0.39 is 29.9 Å². The van der Waals surface area contributed by atoms with Gasteiger partial charge in [-0.2, -0.15) is 13.2 Å². The number of ether oxygens (including phenoxy) is 1. The Balaban J connectivity index is 1.77. The van der Waals surface area contributed by atoms with Crippen LogP contribution in [-0.4, -0.2) is 46.3 Å². The number of halogens is 3. The summed E-state index contributed by atoms with van der Waals surface area (Å²) < 4.78 is 43.9. The van der Waals surface area contributed by atoms with Crippen molar-refractivity contribution in [3.8, 4) is 11.5 Å². The van der Waals surface area contributed by atoms with Crippen molar-refractivity contribution in [3.63, 3.8) is 0 Å². The molecule has 1 aliphatic rings. The Morgan fingerprint density at radius 3 is 2.22 bits per heavy atom. The van der Waals surface area contributed by atoms with Gasteiger partial charge in [-0.25, -0.2) is 0 Å². The van der Waals surface area contributed by atoms with Gasteiger partial charge in [0.15, 0.2) is 0 Å². The van der Waals surface area contributed by atoms with Gasteiger partial charge < -0.3 is 19.8 Å². The van der Waals surface area contributed by atoms with E-state index in [2.05, 4.69) is 0 Å². The van der Waals surface area contributed by atoms with Gasteiger partial charge in [-0.3, -0.25) is 4.79 Å². The third-order valence-corrected chi connectivity index (χ3v) is 4.17. The Hall–Kier alpha value is -2.58. The van der Waals surface area contributed by atoms with Crippen LogP contribution in [0.2, 0.25) is 0 Å². The minimum atomic E-state index is -4.48.